The van der Waals surface area contributed by atoms with Gasteiger partial charge in [0, 0.05) is 49.7 Å². The standard InChI is InChI=1S/C33H31F2N5O5/c1-20-5-10-28(40(20)33(34)35)32(43)39-12-11-29-27(18-39)38-31(42)24-13-23(16-36-17-24)22-3-2-4-26(14-22)44-19-30(41)37-15-21-6-8-25(45-29)9-7-21/h2-10,13-14,16-17,27,29,33H,11-12,15,18-19H2,1H3,(H,37,41)(H,38,42)/t27-,29+/m1/s1. The second-order valence-electron chi connectivity index (χ2n) is 11.0. The van der Waals surface area contributed by atoms with Gasteiger partial charge in [0.15, 0.2) is 6.61 Å². The van der Waals surface area contributed by atoms with Gasteiger partial charge in [0.1, 0.15) is 23.3 Å². The molecule has 2 aromatic heterocycles. The van der Waals surface area contributed by atoms with Crippen molar-refractivity contribution in [3.8, 4) is 22.6 Å². The van der Waals surface area contributed by atoms with E-state index in [0.717, 1.165) is 11.1 Å². The Balaban J connectivity index is 1.31. The van der Waals surface area contributed by atoms with Crippen molar-refractivity contribution in [2.24, 2.45) is 0 Å². The van der Waals surface area contributed by atoms with E-state index in [-0.39, 0.29) is 42.6 Å². The van der Waals surface area contributed by atoms with E-state index in [4.69, 9.17) is 9.47 Å². The fourth-order valence-electron chi connectivity index (χ4n) is 5.54. The molecule has 6 bridgehead atoms. The summed E-state index contributed by atoms with van der Waals surface area (Å²) >= 11 is 0. The number of carbonyl (C=O) groups excluding carboxylic acids is 3. The van der Waals surface area contributed by atoms with Gasteiger partial charge in [-0.2, -0.15) is 8.78 Å². The Kier molecular flexibility index (Phi) is 8.45. The average Bonchev–Trinajstić information content (AvgIpc) is 3.45. The minimum Gasteiger partial charge on any atom is -0.488 e. The minimum atomic E-state index is -2.87. The molecule has 1 fully saturated rings. The molecule has 2 aromatic carbocycles. The number of fused-ring (bicyclic) bond motifs is 7. The van der Waals surface area contributed by atoms with Gasteiger partial charge in [-0.15, -0.1) is 0 Å². The monoisotopic (exact) mass is 615 g/mol. The SMILES string of the molecule is Cc1ccc(C(=O)N2CC[C@@H]3Oc4ccc(cc4)CNC(=O)COc4cccc(c4)-c4cncc(c4)C(=O)N[C@@H]3C2)n1C(F)F. The number of hydrogen-bond donors (Lipinski definition) is 2. The fraction of sp³-hybridized carbons (Fsp3) is 0.273. The Hall–Kier alpha value is -5.26. The van der Waals surface area contributed by atoms with Crippen molar-refractivity contribution in [1.29, 1.82) is 0 Å². The third-order valence-corrected chi connectivity index (χ3v) is 7.93. The summed E-state index contributed by atoms with van der Waals surface area (Å²) in [6.07, 6.45) is 2.87. The minimum absolute atomic E-state index is 0.0410. The number of piperidine rings is 1. The number of alkyl halides is 2. The molecule has 45 heavy (non-hydrogen) atoms. The Morgan fingerprint density at radius 1 is 0.978 bits per heavy atom. The number of likely N-dealkylation sites (tertiary alicyclic amines) is 1. The van der Waals surface area contributed by atoms with Gasteiger partial charge in [-0.1, -0.05) is 24.3 Å². The zero-order valence-electron chi connectivity index (χ0n) is 24.4. The van der Waals surface area contributed by atoms with Crippen LogP contribution in [0.1, 0.15) is 45.1 Å². The Labute approximate surface area is 258 Å². The van der Waals surface area contributed by atoms with Crippen LogP contribution >= 0.6 is 0 Å². The van der Waals surface area contributed by atoms with E-state index < -0.39 is 30.5 Å². The van der Waals surface area contributed by atoms with Gasteiger partial charge in [-0.25, -0.2) is 0 Å². The van der Waals surface area contributed by atoms with Gasteiger partial charge in [0.05, 0.1) is 11.6 Å². The molecule has 3 aliphatic heterocycles. The molecule has 0 saturated carbocycles. The number of carbonyl (C=O) groups is 3. The van der Waals surface area contributed by atoms with E-state index in [1.165, 1.54) is 30.2 Å². The summed E-state index contributed by atoms with van der Waals surface area (Å²) in [5, 5.41) is 5.84. The highest BCUT2D eigenvalue weighted by atomic mass is 19.3. The number of nitrogens with one attached hydrogen (secondary N) is 2. The van der Waals surface area contributed by atoms with Crippen LogP contribution in [-0.4, -0.2) is 64.0 Å². The van der Waals surface area contributed by atoms with Gasteiger partial charge < -0.3 is 25.0 Å². The first-order chi connectivity index (χ1) is 21.7. The van der Waals surface area contributed by atoms with Crippen LogP contribution in [-0.2, 0) is 11.3 Å². The first-order valence-corrected chi connectivity index (χ1v) is 14.5. The van der Waals surface area contributed by atoms with Crippen molar-refractivity contribution < 1.29 is 32.6 Å². The summed E-state index contributed by atoms with van der Waals surface area (Å²) in [6, 6.07) is 18.2. The van der Waals surface area contributed by atoms with Crippen molar-refractivity contribution in [2.75, 3.05) is 19.7 Å². The molecule has 4 aromatic rings. The Morgan fingerprint density at radius 2 is 1.78 bits per heavy atom. The molecule has 3 aliphatic rings. The Bertz CT molecular complexity index is 1720. The molecule has 0 spiro atoms. The molecule has 1 saturated heterocycles. The maximum atomic E-state index is 13.8. The number of benzene rings is 2. The smallest absolute Gasteiger partial charge is 0.319 e. The molecular weight excluding hydrogens is 584 g/mol. The van der Waals surface area contributed by atoms with Gasteiger partial charge in [-0.3, -0.25) is 23.9 Å². The molecule has 12 heteroatoms. The molecule has 0 unspecified atom stereocenters. The normalized spacial score (nSPS) is 18.7. The van der Waals surface area contributed by atoms with Gasteiger partial charge in [-0.05, 0) is 60.5 Å². The van der Waals surface area contributed by atoms with Crippen LogP contribution in [0, 0.1) is 6.92 Å². The first kappa shape index (κ1) is 29.8. The second-order valence-corrected chi connectivity index (χ2v) is 11.0. The van der Waals surface area contributed by atoms with Gasteiger partial charge in [0.25, 0.3) is 17.7 Å². The predicted molar refractivity (Wildman–Crippen MR) is 160 cm³/mol. The predicted octanol–water partition coefficient (Wildman–Crippen LogP) is 4.35. The van der Waals surface area contributed by atoms with E-state index in [1.54, 1.807) is 42.6 Å². The topological polar surface area (TPSA) is 115 Å². The molecular formula is C33H31F2N5O5. The number of aromatic nitrogens is 2. The van der Waals surface area contributed by atoms with Crippen LogP contribution in [0.15, 0.2) is 79.1 Å². The summed E-state index contributed by atoms with van der Waals surface area (Å²) in [4.78, 5) is 45.2. The summed E-state index contributed by atoms with van der Waals surface area (Å²) < 4.78 is 40.2. The van der Waals surface area contributed by atoms with Crippen LogP contribution in [0.4, 0.5) is 8.78 Å². The maximum absolute atomic E-state index is 13.8. The van der Waals surface area contributed by atoms with Crippen LogP contribution < -0.4 is 20.1 Å². The molecule has 10 nitrogen and oxygen atoms in total. The lowest BCUT2D eigenvalue weighted by molar-refractivity contribution is -0.123. The van der Waals surface area contributed by atoms with E-state index in [1.807, 2.05) is 18.2 Å². The van der Waals surface area contributed by atoms with Crippen molar-refractivity contribution >= 4 is 17.7 Å². The zero-order valence-corrected chi connectivity index (χ0v) is 24.4. The molecule has 3 amide bonds. The number of nitrogens with zero attached hydrogens (tertiary/aromatic N) is 3. The first-order valence-electron chi connectivity index (χ1n) is 14.5. The Morgan fingerprint density at radius 3 is 2.58 bits per heavy atom. The van der Waals surface area contributed by atoms with Crippen LogP contribution in [0.3, 0.4) is 0 Å². The lowest BCUT2D eigenvalue weighted by Gasteiger charge is -2.39. The molecule has 7 rings (SSSR count). The third kappa shape index (κ3) is 6.64. The lowest BCUT2D eigenvalue weighted by atomic mass is 10.00. The quantitative estimate of drug-likeness (QED) is 0.347. The van der Waals surface area contributed by atoms with Crippen molar-refractivity contribution in [3.63, 3.8) is 0 Å². The number of rotatable bonds is 2. The maximum Gasteiger partial charge on any atom is 0.319 e. The third-order valence-electron chi connectivity index (χ3n) is 7.93. The van der Waals surface area contributed by atoms with E-state index >= 15 is 0 Å². The number of pyridine rings is 1. The molecule has 2 N–H and O–H groups in total. The van der Waals surface area contributed by atoms with E-state index in [0.29, 0.717) is 34.6 Å². The average molecular weight is 616 g/mol. The number of halogens is 2. The highest BCUT2D eigenvalue weighted by Gasteiger charge is 2.36. The molecule has 2 atom stereocenters. The summed E-state index contributed by atoms with van der Waals surface area (Å²) in [5.41, 5.74) is 2.67. The lowest BCUT2D eigenvalue weighted by Crippen LogP contribution is -2.58. The largest absolute Gasteiger partial charge is 0.488 e. The van der Waals surface area contributed by atoms with Crippen molar-refractivity contribution in [1.82, 2.24) is 25.1 Å². The molecule has 0 aliphatic carbocycles. The van der Waals surface area contributed by atoms with E-state index in [2.05, 4.69) is 15.6 Å². The fourth-order valence-corrected chi connectivity index (χ4v) is 5.54. The van der Waals surface area contributed by atoms with Crippen molar-refractivity contribution in [2.45, 2.75) is 38.6 Å². The van der Waals surface area contributed by atoms with Gasteiger partial charge >= 0.3 is 6.55 Å². The summed E-state index contributed by atoms with van der Waals surface area (Å²) in [5.74, 6) is -0.249. The number of ether oxygens (including phenoxy) is 2. The number of amides is 3. The number of hydrogen-bond acceptors (Lipinski definition) is 6. The summed E-state index contributed by atoms with van der Waals surface area (Å²) in [6.45, 7) is -0.945. The molecule has 0 radical (unpaired) electrons. The molecule has 5 heterocycles. The highest BCUT2D eigenvalue weighted by molar-refractivity contribution is 5.96. The van der Waals surface area contributed by atoms with Gasteiger partial charge in [0.2, 0.25) is 0 Å². The zero-order chi connectivity index (χ0) is 31.5. The van der Waals surface area contributed by atoms with E-state index in [9.17, 15) is 23.2 Å². The summed E-state index contributed by atoms with van der Waals surface area (Å²) in [7, 11) is 0. The number of aryl methyl sites for hydroxylation is 1. The van der Waals surface area contributed by atoms with Crippen LogP contribution in [0.5, 0.6) is 11.5 Å². The van der Waals surface area contributed by atoms with Crippen LogP contribution in [0.2, 0.25) is 0 Å². The van der Waals surface area contributed by atoms with Crippen LogP contribution in [0.25, 0.3) is 11.1 Å². The molecule has 232 valence electrons. The highest BCUT2D eigenvalue weighted by Crippen LogP contribution is 2.27. The second kappa shape index (κ2) is 12.8. The van der Waals surface area contributed by atoms with Crippen molar-refractivity contribution in [3.05, 3.63) is 102 Å².